The normalized spacial score (nSPS) is 31.6. The number of rotatable bonds is 2. The lowest BCUT2D eigenvalue weighted by molar-refractivity contribution is -0.114. The summed E-state index contributed by atoms with van der Waals surface area (Å²) in [4.78, 5) is 12.1. The van der Waals surface area contributed by atoms with E-state index in [9.17, 15) is 9.90 Å². The maximum atomic E-state index is 12.1. The number of carbonyl (C=O) groups is 1. The summed E-state index contributed by atoms with van der Waals surface area (Å²) < 4.78 is 0. The highest BCUT2D eigenvalue weighted by atomic mass is 16.3. The van der Waals surface area contributed by atoms with Crippen molar-refractivity contribution in [3.8, 4) is 11.8 Å². The highest BCUT2D eigenvalue weighted by Gasteiger charge is 2.55. The standard InChI is InChI=1S/C27H32O2.C2H6/c1-5-15-27(4,29)26(3)17-24(19-9-7-6-8-10-19)25-22(18(26)2)13-11-20-16-21(28)12-14-23(20)25;1-2/h6-10,16,18,22,24,29H,11-14,17H2,1-4H3;1-2H3. The number of ketones is 1. The molecule has 1 saturated carbocycles. The predicted molar refractivity (Wildman–Crippen MR) is 129 cm³/mol. The molecule has 1 N–H and O–H groups in total. The molecular formula is C29H38O2. The Morgan fingerprint density at radius 2 is 1.81 bits per heavy atom. The van der Waals surface area contributed by atoms with Crippen LogP contribution in [0.15, 0.2) is 53.1 Å². The van der Waals surface area contributed by atoms with Gasteiger partial charge in [0.1, 0.15) is 5.60 Å². The number of carbonyl (C=O) groups excluding carboxylic acids is 1. The molecule has 166 valence electrons. The highest BCUT2D eigenvalue weighted by Crippen LogP contribution is 2.61. The Labute approximate surface area is 188 Å². The average molecular weight is 419 g/mol. The third-order valence-corrected chi connectivity index (χ3v) is 8.11. The molecule has 1 fully saturated rings. The number of fused-ring (bicyclic) bond motifs is 2. The maximum Gasteiger partial charge on any atom is 0.156 e. The number of aliphatic hydroxyl groups is 1. The Morgan fingerprint density at radius 1 is 1.13 bits per heavy atom. The van der Waals surface area contributed by atoms with Crippen LogP contribution >= 0.6 is 0 Å². The van der Waals surface area contributed by atoms with Gasteiger partial charge in [0.2, 0.25) is 0 Å². The zero-order valence-corrected chi connectivity index (χ0v) is 20.1. The number of allylic oxidation sites excluding steroid dienone is 4. The molecule has 0 amide bonds. The molecular weight excluding hydrogens is 380 g/mol. The Kier molecular flexibility index (Phi) is 6.97. The van der Waals surface area contributed by atoms with Crippen LogP contribution < -0.4 is 0 Å². The SMILES string of the molecule is CC.CC#CC(C)(O)C1(C)CC(c2ccccc2)C2=C3CCC(=O)C=C3CCC2C1C. The van der Waals surface area contributed by atoms with E-state index in [-0.39, 0.29) is 17.1 Å². The van der Waals surface area contributed by atoms with Crippen molar-refractivity contribution in [3.63, 3.8) is 0 Å². The zero-order valence-electron chi connectivity index (χ0n) is 20.1. The van der Waals surface area contributed by atoms with E-state index >= 15 is 0 Å². The number of benzene rings is 1. The van der Waals surface area contributed by atoms with Gasteiger partial charge in [-0.1, -0.05) is 69.5 Å². The van der Waals surface area contributed by atoms with Crippen LogP contribution in [0.5, 0.6) is 0 Å². The summed E-state index contributed by atoms with van der Waals surface area (Å²) in [6.07, 6.45) is 6.29. The van der Waals surface area contributed by atoms with Crippen molar-refractivity contribution in [1.82, 2.24) is 0 Å². The molecule has 3 aliphatic rings. The molecule has 2 nitrogen and oxygen atoms in total. The molecule has 0 aromatic heterocycles. The summed E-state index contributed by atoms with van der Waals surface area (Å²) in [6.45, 7) is 12.2. The van der Waals surface area contributed by atoms with Crippen molar-refractivity contribution in [2.24, 2.45) is 17.3 Å². The minimum Gasteiger partial charge on any atom is -0.377 e. The first-order valence-electron chi connectivity index (χ1n) is 12.0. The monoisotopic (exact) mass is 418 g/mol. The van der Waals surface area contributed by atoms with E-state index < -0.39 is 5.60 Å². The lowest BCUT2D eigenvalue weighted by atomic mass is 9.49. The predicted octanol–water partition coefficient (Wildman–Crippen LogP) is 6.61. The van der Waals surface area contributed by atoms with E-state index in [1.54, 1.807) is 0 Å². The molecule has 0 aliphatic heterocycles. The fourth-order valence-corrected chi connectivity index (χ4v) is 6.17. The van der Waals surface area contributed by atoms with E-state index in [4.69, 9.17) is 0 Å². The summed E-state index contributed by atoms with van der Waals surface area (Å²) >= 11 is 0. The van der Waals surface area contributed by atoms with Crippen LogP contribution in [0.3, 0.4) is 0 Å². The first-order valence-corrected chi connectivity index (χ1v) is 12.0. The lowest BCUT2D eigenvalue weighted by Crippen LogP contribution is -2.54. The Bertz CT molecular complexity index is 938. The smallest absolute Gasteiger partial charge is 0.156 e. The van der Waals surface area contributed by atoms with E-state index in [0.717, 1.165) is 25.7 Å². The van der Waals surface area contributed by atoms with Crippen LogP contribution in [0, 0.1) is 29.1 Å². The molecule has 2 heteroatoms. The molecule has 1 aromatic carbocycles. The van der Waals surface area contributed by atoms with Crippen molar-refractivity contribution < 1.29 is 9.90 Å². The molecule has 1 aromatic rings. The minimum absolute atomic E-state index is 0.263. The summed E-state index contributed by atoms with van der Waals surface area (Å²) in [5.41, 5.74) is 4.21. The Hall–Kier alpha value is -2.11. The van der Waals surface area contributed by atoms with Crippen LogP contribution in [-0.2, 0) is 4.79 Å². The van der Waals surface area contributed by atoms with Gasteiger partial charge in [0.05, 0.1) is 0 Å². The van der Waals surface area contributed by atoms with Crippen LogP contribution in [-0.4, -0.2) is 16.5 Å². The molecule has 5 unspecified atom stereocenters. The minimum atomic E-state index is -1.04. The first-order chi connectivity index (χ1) is 14.8. The second kappa shape index (κ2) is 9.17. The lowest BCUT2D eigenvalue weighted by Gasteiger charge is -2.56. The van der Waals surface area contributed by atoms with E-state index in [2.05, 4.69) is 56.0 Å². The fourth-order valence-electron chi connectivity index (χ4n) is 6.17. The molecule has 4 rings (SSSR count). The Balaban J connectivity index is 0.00000132. The molecule has 31 heavy (non-hydrogen) atoms. The van der Waals surface area contributed by atoms with Gasteiger partial charge >= 0.3 is 0 Å². The van der Waals surface area contributed by atoms with Crippen molar-refractivity contribution in [2.75, 3.05) is 0 Å². The maximum absolute atomic E-state index is 12.1. The van der Waals surface area contributed by atoms with Crippen molar-refractivity contribution >= 4 is 5.78 Å². The molecule has 0 radical (unpaired) electrons. The molecule has 0 saturated heterocycles. The zero-order chi connectivity index (χ0) is 22.8. The summed E-state index contributed by atoms with van der Waals surface area (Å²) in [6, 6.07) is 10.7. The largest absolute Gasteiger partial charge is 0.377 e. The van der Waals surface area contributed by atoms with Gasteiger partial charge in [-0.15, -0.1) is 5.92 Å². The van der Waals surface area contributed by atoms with Gasteiger partial charge in [-0.3, -0.25) is 4.79 Å². The second-order valence-corrected chi connectivity index (χ2v) is 9.54. The first kappa shape index (κ1) is 23.6. The van der Waals surface area contributed by atoms with Gasteiger partial charge in [-0.2, -0.15) is 0 Å². The molecule has 0 spiro atoms. The van der Waals surface area contributed by atoms with Gasteiger partial charge in [0, 0.05) is 17.8 Å². The van der Waals surface area contributed by atoms with Gasteiger partial charge in [-0.25, -0.2) is 0 Å². The quantitative estimate of drug-likeness (QED) is 0.549. The summed E-state index contributed by atoms with van der Waals surface area (Å²) in [5, 5.41) is 11.4. The van der Waals surface area contributed by atoms with Gasteiger partial charge in [0.15, 0.2) is 5.78 Å². The summed E-state index contributed by atoms with van der Waals surface area (Å²) in [7, 11) is 0. The van der Waals surface area contributed by atoms with Gasteiger partial charge in [-0.05, 0) is 74.2 Å². The third-order valence-electron chi connectivity index (χ3n) is 8.11. The molecule has 0 heterocycles. The van der Waals surface area contributed by atoms with Crippen molar-refractivity contribution in [3.05, 3.63) is 58.7 Å². The van der Waals surface area contributed by atoms with Crippen LogP contribution in [0.4, 0.5) is 0 Å². The van der Waals surface area contributed by atoms with Crippen LogP contribution in [0.2, 0.25) is 0 Å². The van der Waals surface area contributed by atoms with Crippen LogP contribution in [0.1, 0.15) is 85.1 Å². The van der Waals surface area contributed by atoms with Gasteiger partial charge < -0.3 is 5.11 Å². The second-order valence-electron chi connectivity index (χ2n) is 9.54. The third kappa shape index (κ3) is 4.06. The van der Waals surface area contributed by atoms with E-state index in [0.29, 0.717) is 18.3 Å². The average Bonchev–Trinajstić information content (AvgIpc) is 2.77. The van der Waals surface area contributed by atoms with Gasteiger partial charge in [0.25, 0.3) is 0 Å². The van der Waals surface area contributed by atoms with Crippen molar-refractivity contribution in [1.29, 1.82) is 0 Å². The number of hydrogen-bond acceptors (Lipinski definition) is 2. The van der Waals surface area contributed by atoms with Crippen LogP contribution in [0.25, 0.3) is 0 Å². The highest BCUT2D eigenvalue weighted by molar-refractivity contribution is 5.93. The van der Waals surface area contributed by atoms with Crippen molar-refractivity contribution in [2.45, 2.75) is 85.2 Å². The topological polar surface area (TPSA) is 37.3 Å². The molecule has 5 atom stereocenters. The van der Waals surface area contributed by atoms with E-state index in [1.807, 2.05) is 33.8 Å². The summed E-state index contributed by atoms with van der Waals surface area (Å²) in [5.74, 6) is 7.37. The Morgan fingerprint density at radius 3 is 2.45 bits per heavy atom. The fraction of sp³-hybridized carbons (Fsp3) is 0.552. The molecule has 0 bridgehead atoms. The van der Waals surface area contributed by atoms with E-state index in [1.165, 1.54) is 22.3 Å². The molecule has 3 aliphatic carbocycles. The number of hydrogen-bond donors (Lipinski definition) is 1.